The summed E-state index contributed by atoms with van der Waals surface area (Å²) in [5.74, 6) is 1.28. The number of likely N-dealkylation sites (tertiary alicyclic amines) is 1. The smallest absolute Gasteiger partial charge is 0.410 e. The van der Waals surface area contributed by atoms with Gasteiger partial charge in [0.25, 0.3) is 0 Å². The number of hydrogen-bond donors (Lipinski definition) is 1. The maximum absolute atomic E-state index is 12.0. The molecule has 2 heterocycles. The van der Waals surface area contributed by atoms with Crippen molar-refractivity contribution in [3.05, 3.63) is 0 Å². The molecule has 98 valence electrons. The maximum Gasteiger partial charge on any atom is 0.410 e. The van der Waals surface area contributed by atoms with Crippen molar-refractivity contribution in [2.45, 2.75) is 39.2 Å². The number of hydrogen-bond acceptors (Lipinski definition) is 3. The van der Waals surface area contributed by atoms with E-state index in [1.807, 2.05) is 25.7 Å². The predicted molar refractivity (Wildman–Crippen MR) is 66.9 cm³/mol. The number of amides is 1. The van der Waals surface area contributed by atoms with Crippen molar-refractivity contribution in [1.82, 2.24) is 10.2 Å². The van der Waals surface area contributed by atoms with Crippen LogP contribution in [0.1, 0.15) is 33.6 Å². The van der Waals surface area contributed by atoms with Gasteiger partial charge in [0, 0.05) is 13.1 Å². The highest BCUT2D eigenvalue weighted by molar-refractivity contribution is 5.68. The Kier molecular flexibility index (Phi) is 3.61. The van der Waals surface area contributed by atoms with Crippen LogP contribution < -0.4 is 5.32 Å². The Hall–Kier alpha value is -0.770. The van der Waals surface area contributed by atoms with Crippen LogP contribution in [0.15, 0.2) is 0 Å². The third kappa shape index (κ3) is 3.35. The normalized spacial score (nSPS) is 29.7. The van der Waals surface area contributed by atoms with E-state index in [1.54, 1.807) is 0 Å². The van der Waals surface area contributed by atoms with Gasteiger partial charge in [-0.25, -0.2) is 4.79 Å². The molecule has 1 N–H and O–H groups in total. The van der Waals surface area contributed by atoms with Crippen LogP contribution >= 0.6 is 0 Å². The number of carbonyl (C=O) groups is 1. The molecule has 0 unspecified atom stereocenters. The summed E-state index contributed by atoms with van der Waals surface area (Å²) in [5.41, 5.74) is -0.389. The quantitative estimate of drug-likeness (QED) is 0.702. The van der Waals surface area contributed by atoms with E-state index >= 15 is 0 Å². The maximum atomic E-state index is 12.0. The fourth-order valence-corrected chi connectivity index (χ4v) is 2.75. The first-order valence-electron chi connectivity index (χ1n) is 6.64. The molecule has 2 atom stereocenters. The van der Waals surface area contributed by atoms with Gasteiger partial charge < -0.3 is 15.0 Å². The molecule has 4 nitrogen and oxygen atoms in total. The monoisotopic (exact) mass is 240 g/mol. The van der Waals surface area contributed by atoms with Crippen LogP contribution in [0.2, 0.25) is 0 Å². The van der Waals surface area contributed by atoms with E-state index in [1.165, 1.54) is 12.8 Å². The highest BCUT2D eigenvalue weighted by Crippen LogP contribution is 2.29. The van der Waals surface area contributed by atoms with E-state index in [-0.39, 0.29) is 11.7 Å². The molecule has 0 bridgehead atoms. The van der Waals surface area contributed by atoms with Crippen LogP contribution in [-0.4, -0.2) is 42.8 Å². The van der Waals surface area contributed by atoms with Gasteiger partial charge in [-0.3, -0.25) is 0 Å². The molecular weight excluding hydrogens is 216 g/mol. The average Bonchev–Trinajstić information content (AvgIpc) is 2.48. The van der Waals surface area contributed by atoms with Gasteiger partial charge in [-0.1, -0.05) is 0 Å². The first-order chi connectivity index (χ1) is 7.96. The van der Waals surface area contributed by atoms with Gasteiger partial charge in [-0.05, 0) is 58.5 Å². The van der Waals surface area contributed by atoms with Crippen LogP contribution in [0.5, 0.6) is 0 Å². The molecule has 4 heteroatoms. The van der Waals surface area contributed by atoms with Crippen molar-refractivity contribution >= 4 is 6.09 Å². The van der Waals surface area contributed by atoms with E-state index in [9.17, 15) is 4.79 Å². The zero-order valence-electron chi connectivity index (χ0n) is 11.2. The summed E-state index contributed by atoms with van der Waals surface area (Å²) in [6.45, 7) is 9.65. The zero-order chi connectivity index (χ0) is 12.5. The van der Waals surface area contributed by atoms with Gasteiger partial charge in [-0.2, -0.15) is 0 Å². The van der Waals surface area contributed by atoms with Crippen molar-refractivity contribution in [1.29, 1.82) is 0 Å². The molecule has 2 rings (SSSR count). The van der Waals surface area contributed by atoms with Crippen LogP contribution in [0.25, 0.3) is 0 Å². The third-order valence-electron chi connectivity index (χ3n) is 3.56. The molecule has 17 heavy (non-hydrogen) atoms. The van der Waals surface area contributed by atoms with Gasteiger partial charge in [0.2, 0.25) is 0 Å². The molecule has 0 aliphatic carbocycles. The van der Waals surface area contributed by atoms with E-state index in [2.05, 4.69) is 5.32 Å². The fraction of sp³-hybridized carbons (Fsp3) is 0.923. The topological polar surface area (TPSA) is 41.6 Å². The lowest BCUT2D eigenvalue weighted by atomic mass is 9.93. The second-order valence-electron chi connectivity index (χ2n) is 6.25. The first-order valence-corrected chi connectivity index (χ1v) is 6.64. The molecular formula is C13H24N2O2. The lowest BCUT2D eigenvalue weighted by Gasteiger charge is -2.24. The first kappa shape index (κ1) is 12.7. The van der Waals surface area contributed by atoms with Crippen molar-refractivity contribution in [3.8, 4) is 0 Å². The Morgan fingerprint density at radius 1 is 1.29 bits per heavy atom. The SMILES string of the molecule is CC(C)(C)OC(=O)N1C[C@H]2CCCNC[C@H]2C1. The summed E-state index contributed by atoms with van der Waals surface area (Å²) in [4.78, 5) is 13.9. The van der Waals surface area contributed by atoms with E-state index in [0.29, 0.717) is 11.8 Å². The van der Waals surface area contributed by atoms with Gasteiger partial charge in [0.1, 0.15) is 5.60 Å². The summed E-state index contributed by atoms with van der Waals surface area (Å²) in [6.07, 6.45) is 2.31. The highest BCUT2D eigenvalue weighted by atomic mass is 16.6. The number of carbonyl (C=O) groups excluding carboxylic acids is 1. The molecule has 2 aliphatic heterocycles. The van der Waals surface area contributed by atoms with Crippen molar-refractivity contribution < 1.29 is 9.53 Å². The summed E-state index contributed by atoms with van der Waals surface area (Å²) in [5, 5.41) is 3.45. The molecule has 1 amide bonds. The molecule has 0 radical (unpaired) electrons. The Morgan fingerprint density at radius 3 is 2.71 bits per heavy atom. The van der Waals surface area contributed by atoms with E-state index < -0.39 is 0 Å². The summed E-state index contributed by atoms with van der Waals surface area (Å²) < 4.78 is 5.43. The fourth-order valence-electron chi connectivity index (χ4n) is 2.75. The van der Waals surface area contributed by atoms with Crippen molar-refractivity contribution in [2.75, 3.05) is 26.2 Å². The standard InChI is InChI=1S/C13H24N2O2/c1-13(2,3)17-12(16)15-8-10-5-4-6-14-7-11(10)9-15/h10-11,14H,4-9H2,1-3H3/t10-,11+/m1/s1. The Bertz CT molecular complexity index is 272. The Balaban J connectivity index is 1.90. The minimum absolute atomic E-state index is 0.148. The van der Waals surface area contributed by atoms with E-state index in [0.717, 1.165) is 26.2 Å². The molecule has 0 aromatic heterocycles. The number of rotatable bonds is 0. The van der Waals surface area contributed by atoms with Crippen molar-refractivity contribution in [3.63, 3.8) is 0 Å². The number of ether oxygens (including phenoxy) is 1. The minimum atomic E-state index is -0.389. The highest BCUT2D eigenvalue weighted by Gasteiger charge is 2.37. The molecule has 2 aliphatic rings. The summed E-state index contributed by atoms with van der Waals surface area (Å²) >= 11 is 0. The molecule has 2 fully saturated rings. The van der Waals surface area contributed by atoms with Gasteiger partial charge in [0.05, 0.1) is 0 Å². The number of nitrogens with one attached hydrogen (secondary N) is 1. The predicted octanol–water partition coefficient (Wildman–Crippen LogP) is 1.85. The van der Waals surface area contributed by atoms with Crippen LogP contribution in [0.4, 0.5) is 4.79 Å². The second kappa shape index (κ2) is 4.84. The molecule has 0 saturated carbocycles. The summed E-state index contributed by atoms with van der Waals surface area (Å²) in [6, 6.07) is 0. The number of fused-ring (bicyclic) bond motifs is 1. The summed E-state index contributed by atoms with van der Waals surface area (Å²) in [7, 11) is 0. The Labute approximate surface area is 104 Å². The minimum Gasteiger partial charge on any atom is -0.444 e. The van der Waals surface area contributed by atoms with Crippen molar-refractivity contribution in [2.24, 2.45) is 11.8 Å². The molecule has 0 aromatic carbocycles. The largest absolute Gasteiger partial charge is 0.444 e. The molecule has 0 spiro atoms. The van der Waals surface area contributed by atoms with E-state index in [4.69, 9.17) is 4.74 Å². The van der Waals surface area contributed by atoms with Crippen LogP contribution in [0.3, 0.4) is 0 Å². The third-order valence-corrected chi connectivity index (χ3v) is 3.56. The lowest BCUT2D eigenvalue weighted by Crippen LogP contribution is -2.36. The average molecular weight is 240 g/mol. The number of nitrogens with zero attached hydrogens (tertiary/aromatic N) is 1. The zero-order valence-corrected chi connectivity index (χ0v) is 11.2. The lowest BCUT2D eigenvalue weighted by molar-refractivity contribution is 0.0283. The molecule has 2 saturated heterocycles. The van der Waals surface area contributed by atoms with Gasteiger partial charge >= 0.3 is 6.09 Å². The second-order valence-corrected chi connectivity index (χ2v) is 6.25. The van der Waals surface area contributed by atoms with Gasteiger partial charge in [0.15, 0.2) is 0 Å². The van der Waals surface area contributed by atoms with Gasteiger partial charge in [-0.15, -0.1) is 0 Å². The Morgan fingerprint density at radius 2 is 2.00 bits per heavy atom. The van der Waals surface area contributed by atoms with Crippen LogP contribution in [-0.2, 0) is 4.74 Å². The van der Waals surface area contributed by atoms with Crippen LogP contribution in [0, 0.1) is 11.8 Å². The molecule has 0 aromatic rings.